The lowest BCUT2D eigenvalue weighted by molar-refractivity contribution is 0.0944. The van der Waals surface area contributed by atoms with Crippen molar-refractivity contribution < 1.29 is 4.79 Å². The molecule has 1 saturated carbocycles. The van der Waals surface area contributed by atoms with Gasteiger partial charge in [0.25, 0.3) is 5.91 Å². The van der Waals surface area contributed by atoms with Crippen LogP contribution in [0.1, 0.15) is 47.4 Å². The molecule has 21 heavy (non-hydrogen) atoms. The first-order valence-corrected chi connectivity index (χ1v) is 7.80. The van der Waals surface area contributed by atoms with Crippen molar-refractivity contribution in [3.8, 4) is 5.69 Å². The summed E-state index contributed by atoms with van der Waals surface area (Å²) in [5.41, 5.74) is 4.05. The van der Waals surface area contributed by atoms with Gasteiger partial charge in [0.05, 0.1) is 5.69 Å². The molecule has 108 valence electrons. The lowest BCUT2D eigenvalue weighted by Crippen LogP contribution is -2.27. The third kappa shape index (κ3) is 2.35. The molecule has 2 aliphatic carbocycles. The van der Waals surface area contributed by atoms with Crippen LogP contribution in [0.25, 0.3) is 5.69 Å². The molecule has 0 radical (unpaired) electrons. The van der Waals surface area contributed by atoms with Crippen molar-refractivity contribution in [3.63, 3.8) is 0 Å². The standard InChI is InChI=1S/C17H19N3O/c21-17(18-12-10-11-12)16-14-8-4-5-9-15(14)20(19-16)13-6-2-1-3-7-13/h1-3,6-7,12H,4-5,8-11H2,(H,18,21). The maximum atomic E-state index is 12.4. The quantitative estimate of drug-likeness (QED) is 0.940. The van der Waals surface area contributed by atoms with Crippen LogP contribution in [-0.2, 0) is 12.8 Å². The van der Waals surface area contributed by atoms with Crippen LogP contribution < -0.4 is 5.32 Å². The molecular weight excluding hydrogens is 262 g/mol. The van der Waals surface area contributed by atoms with E-state index in [-0.39, 0.29) is 5.91 Å². The monoisotopic (exact) mass is 281 g/mol. The summed E-state index contributed by atoms with van der Waals surface area (Å²) in [4.78, 5) is 12.4. The van der Waals surface area contributed by atoms with Crippen molar-refractivity contribution in [3.05, 3.63) is 47.3 Å². The second-order valence-electron chi connectivity index (χ2n) is 5.98. The topological polar surface area (TPSA) is 46.9 Å². The van der Waals surface area contributed by atoms with E-state index in [0.717, 1.165) is 43.4 Å². The minimum absolute atomic E-state index is 0.00494. The number of para-hydroxylation sites is 1. The van der Waals surface area contributed by atoms with Crippen LogP contribution in [-0.4, -0.2) is 21.7 Å². The van der Waals surface area contributed by atoms with Crippen molar-refractivity contribution in [1.29, 1.82) is 0 Å². The normalized spacial score (nSPS) is 17.3. The summed E-state index contributed by atoms with van der Waals surface area (Å²) in [6.45, 7) is 0. The van der Waals surface area contributed by atoms with Crippen LogP contribution in [0.2, 0.25) is 0 Å². The van der Waals surface area contributed by atoms with Crippen molar-refractivity contribution in [2.24, 2.45) is 0 Å². The van der Waals surface area contributed by atoms with Gasteiger partial charge >= 0.3 is 0 Å². The molecule has 4 heteroatoms. The largest absolute Gasteiger partial charge is 0.348 e. The van der Waals surface area contributed by atoms with Crippen LogP contribution >= 0.6 is 0 Å². The fourth-order valence-corrected chi connectivity index (χ4v) is 3.05. The SMILES string of the molecule is O=C(NC1CC1)c1nn(-c2ccccc2)c2c1CCCC2. The van der Waals surface area contributed by atoms with E-state index in [1.807, 2.05) is 35.0 Å². The molecular formula is C17H19N3O. The first-order chi connectivity index (χ1) is 10.3. The molecule has 2 aromatic rings. The molecule has 0 spiro atoms. The predicted octanol–water partition coefficient (Wildman–Crippen LogP) is 2.64. The molecule has 1 aromatic carbocycles. The Hall–Kier alpha value is -2.10. The summed E-state index contributed by atoms with van der Waals surface area (Å²) in [5, 5.41) is 7.72. The van der Waals surface area contributed by atoms with Gasteiger partial charge < -0.3 is 5.32 Å². The Morgan fingerprint density at radius 2 is 1.90 bits per heavy atom. The Kier molecular flexibility index (Phi) is 3.02. The highest BCUT2D eigenvalue weighted by atomic mass is 16.2. The van der Waals surface area contributed by atoms with E-state index in [9.17, 15) is 4.79 Å². The zero-order valence-corrected chi connectivity index (χ0v) is 12.0. The number of carbonyl (C=O) groups excluding carboxylic acids is 1. The molecule has 0 unspecified atom stereocenters. The van der Waals surface area contributed by atoms with Crippen molar-refractivity contribution in [2.75, 3.05) is 0 Å². The number of rotatable bonds is 3. The van der Waals surface area contributed by atoms with Crippen molar-refractivity contribution >= 4 is 5.91 Å². The van der Waals surface area contributed by atoms with E-state index < -0.39 is 0 Å². The summed E-state index contributed by atoms with van der Waals surface area (Å²) >= 11 is 0. The number of hydrogen-bond donors (Lipinski definition) is 1. The van der Waals surface area contributed by atoms with Crippen LogP contribution in [0, 0.1) is 0 Å². The Morgan fingerprint density at radius 3 is 2.67 bits per heavy atom. The summed E-state index contributed by atoms with van der Waals surface area (Å²) in [5.74, 6) is 0.00494. The zero-order chi connectivity index (χ0) is 14.2. The Bertz CT molecular complexity index is 671. The van der Waals surface area contributed by atoms with E-state index in [2.05, 4.69) is 10.4 Å². The third-order valence-electron chi connectivity index (χ3n) is 4.31. The highest BCUT2D eigenvalue weighted by Gasteiger charge is 2.29. The van der Waals surface area contributed by atoms with Gasteiger partial charge in [-0.05, 0) is 50.7 Å². The molecule has 4 nitrogen and oxygen atoms in total. The van der Waals surface area contributed by atoms with E-state index in [1.165, 1.54) is 12.1 Å². The van der Waals surface area contributed by atoms with Gasteiger partial charge in [0.1, 0.15) is 0 Å². The molecule has 4 rings (SSSR count). The predicted molar refractivity (Wildman–Crippen MR) is 80.7 cm³/mol. The van der Waals surface area contributed by atoms with Crippen molar-refractivity contribution in [1.82, 2.24) is 15.1 Å². The van der Waals surface area contributed by atoms with Crippen molar-refractivity contribution in [2.45, 2.75) is 44.6 Å². The lowest BCUT2D eigenvalue weighted by Gasteiger charge is -2.14. The number of nitrogens with one attached hydrogen (secondary N) is 1. The fraction of sp³-hybridized carbons (Fsp3) is 0.412. The highest BCUT2D eigenvalue weighted by molar-refractivity contribution is 5.94. The zero-order valence-electron chi connectivity index (χ0n) is 12.0. The number of aromatic nitrogens is 2. The first kappa shape index (κ1) is 12.6. The average Bonchev–Trinajstić information content (AvgIpc) is 3.25. The molecule has 0 bridgehead atoms. The number of fused-ring (bicyclic) bond motifs is 1. The highest BCUT2D eigenvalue weighted by Crippen LogP contribution is 2.28. The number of benzene rings is 1. The van der Waals surface area contributed by atoms with Gasteiger partial charge in [0.15, 0.2) is 5.69 Å². The molecule has 1 aromatic heterocycles. The Labute approximate surface area is 124 Å². The van der Waals surface area contributed by atoms with E-state index >= 15 is 0 Å². The van der Waals surface area contributed by atoms with Crippen LogP contribution in [0.3, 0.4) is 0 Å². The lowest BCUT2D eigenvalue weighted by atomic mass is 9.95. The maximum absolute atomic E-state index is 12.4. The fourth-order valence-electron chi connectivity index (χ4n) is 3.05. The summed E-state index contributed by atoms with van der Waals surface area (Å²) in [6.07, 6.45) is 6.51. The Balaban J connectivity index is 1.77. The molecule has 1 fully saturated rings. The maximum Gasteiger partial charge on any atom is 0.272 e. The van der Waals surface area contributed by atoms with E-state index in [0.29, 0.717) is 11.7 Å². The second-order valence-corrected chi connectivity index (χ2v) is 5.98. The average molecular weight is 281 g/mol. The van der Waals surface area contributed by atoms with Crippen LogP contribution in [0.5, 0.6) is 0 Å². The number of nitrogens with zero attached hydrogens (tertiary/aromatic N) is 2. The number of hydrogen-bond acceptors (Lipinski definition) is 2. The van der Waals surface area contributed by atoms with Gasteiger partial charge in [-0.3, -0.25) is 4.79 Å². The van der Waals surface area contributed by atoms with Gasteiger partial charge in [0, 0.05) is 17.3 Å². The number of amides is 1. The van der Waals surface area contributed by atoms with Gasteiger partial charge in [0.2, 0.25) is 0 Å². The van der Waals surface area contributed by atoms with Crippen LogP contribution in [0.15, 0.2) is 30.3 Å². The molecule has 1 N–H and O–H groups in total. The van der Waals surface area contributed by atoms with Crippen LogP contribution in [0.4, 0.5) is 0 Å². The number of carbonyl (C=O) groups is 1. The van der Waals surface area contributed by atoms with E-state index in [1.54, 1.807) is 0 Å². The molecule has 1 heterocycles. The molecule has 2 aliphatic rings. The molecule has 0 atom stereocenters. The van der Waals surface area contributed by atoms with Gasteiger partial charge in [-0.15, -0.1) is 0 Å². The summed E-state index contributed by atoms with van der Waals surface area (Å²) < 4.78 is 1.97. The van der Waals surface area contributed by atoms with Gasteiger partial charge in [-0.25, -0.2) is 4.68 Å². The summed E-state index contributed by atoms with van der Waals surface area (Å²) in [6, 6.07) is 10.5. The molecule has 1 amide bonds. The smallest absolute Gasteiger partial charge is 0.272 e. The second kappa shape index (κ2) is 5.02. The molecule has 0 saturated heterocycles. The minimum Gasteiger partial charge on any atom is -0.348 e. The van der Waals surface area contributed by atoms with Gasteiger partial charge in [-0.2, -0.15) is 5.10 Å². The first-order valence-electron chi connectivity index (χ1n) is 7.80. The molecule has 0 aliphatic heterocycles. The van der Waals surface area contributed by atoms with Gasteiger partial charge in [-0.1, -0.05) is 18.2 Å². The third-order valence-corrected chi connectivity index (χ3v) is 4.31. The van der Waals surface area contributed by atoms with E-state index in [4.69, 9.17) is 0 Å². The Morgan fingerprint density at radius 1 is 1.14 bits per heavy atom. The summed E-state index contributed by atoms with van der Waals surface area (Å²) in [7, 11) is 0. The minimum atomic E-state index is 0.00494.